The van der Waals surface area contributed by atoms with Crippen molar-refractivity contribution >= 4 is 30.3 Å². The highest BCUT2D eigenvalue weighted by Crippen LogP contribution is 2.17. The highest BCUT2D eigenvalue weighted by atomic mass is 32.2. The first kappa shape index (κ1) is 9.26. The van der Waals surface area contributed by atoms with Crippen LogP contribution in [-0.2, 0) is 4.79 Å². The van der Waals surface area contributed by atoms with E-state index >= 15 is 0 Å². The van der Waals surface area contributed by atoms with Crippen LogP contribution in [0.1, 0.15) is 6.92 Å². The van der Waals surface area contributed by atoms with Gasteiger partial charge in [-0.25, -0.2) is 0 Å². The molecule has 0 N–H and O–H groups in total. The highest BCUT2D eigenvalue weighted by Gasteiger charge is 2.19. The van der Waals surface area contributed by atoms with Crippen molar-refractivity contribution in [2.75, 3.05) is 24.6 Å². The van der Waals surface area contributed by atoms with E-state index in [1.165, 1.54) is 0 Å². The number of amides is 1. The number of carbonyl (C=O) groups excluding carboxylic acids is 1. The zero-order chi connectivity index (χ0) is 8.27. The second-order valence-electron chi connectivity index (χ2n) is 2.68. The zero-order valence-electron chi connectivity index (χ0n) is 6.62. The average Bonchev–Trinajstić information content (AvgIpc) is 2.03. The molecule has 0 aromatic heterocycles. The Morgan fingerprint density at radius 2 is 2.55 bits per heavy atom. The lowest BCUT2D eigenvalue weighted by molar-refractivity contribution is -0.128. The molecule has 11 heavy (non-hydrogen) atoms. The van der Waals surface area contributed by atoms with Gasteiger partial charge in [0.15, 0.2) is 0 Å². The third-order valence-electron chi connectivity index (χ3n) is 1.73. The first-order chi connectivity index (χ1) is 5.24. The molecule has 0 bridgehead atoms. The van der Waals surface area contributed by atoms with Crippen LogP contribution in [0.2, 0.25) is 0 Å². The van der Waals surface area contributed by atoms with Crippen molar-refractivity contribution in [2.24, 2.45) is 0 Å². The summed E-state index contributed by atoms with van der Waals surface area (Å²) in [5.74, 6) is 1.58. The molecule has 0 aromatic carbocycles. The highest BCUT2D eigenvalue weighted by molar-refractivity contribution is 8.00. The van der Waals surface area contributed by atoms with Crippen LogP contribution < -0.4 is 0 Å². The minimum absolute atomic E-state index is 0.167. The Morgan fingerprint density at radius 1 is 1.82 bits per heavy atom. The number of hydrogen-bond donors (Lipinski definition) is 1. The van der Waals surface area contributed by atoms with Gasteiger partial charge in [-0.1, -0.05) is 6.92 Å². The predicted octanol–water partition coefficient (Wildman–Crippen LogP) is 0.880. The molecule has 0 aliphatic carbocycles. The van der Waals surface area contributed by atoms with E-state index in [4.69, 9.17) is 0 Å². The second kappa shape index (κ2) is 4.26. The summed E-state index contributed by atoms with van der Waals surface area (Å²) in [5, 5.41) is 0.590. The number of rotatable bonds is 1. The third-order valence-corrected chi connectivity index (χ3v) is 3.14. The molecule has 4 heteroatoms. The lowest BCUT2D eigenvalue weighted by atomic mass is 10.4. The summed E-state index contributed by atoms with van der Waals surface area (Å²) < 4.78 is 0. The van der Waals surface area contributed by atoms with Crippen LogP contribution in [0.25, 0.3) is 0 Å². The monoisotopic (exact) mass is 191 g/mol. The Bertz CT molecular complexity index is 151. The minimum Gasteiger partial charge on any atom is -0.340 e. The van der Waals surface area contributed by atoms with Gasteiger partial charge in [-0.05, 0) is 0 Å². The molecule has 0 saturated carbocycles. The summed E-state index contributed by atoms with van der Waals surface area (Å²) >= 11 is 5.89. The molecule has 1 fully saturated rings. The smallest absolute Gasteiger partial charge is 0.232 e. The van der Waals surface area contributed by atoms with E-state index in [0.717, 1.165) is 18.8 Å². The SMILES string of the molecule is CC1CN(C(=O)CS)CCS1. The van der Waals surface area contributed by atoms with E-state index in [2.05, 4.69) is 19.6 Å². The Labute approximate surface area is 77.1 Å². The second-order valence-corrected chi connectivity index (χ2v) is 4.54. The fourth-order valence-electron chi connectivity index (χ4n) is 1.14. The van der Waals surface area contributed by atoms with Gasteiger partial charge in [-0.3, -0.25) is 4.79 Å². The Morgan fingerprint density at radius 3 is 3.09 bits per heavy atom. The lowest BCUT2D eigenvalue weighted by Gasteiger charge is -2.30. The van der Waals surface area contributed by atoms with Crippen LogP contribution in [0.5, 0.6) is 0 Å². The number of nitrogens with zero attached hydrogens (tertiary/aromatic N) is 1. The standard InChI is InChI=1S/C7H13NOS2/c1-6-4-8(2-3-11-6)7(9)5-10/h6,10H,2-5H2,1H3. The number of hydrogen-bond acceptors (Lipinski definition) is 3. The topological polar surface area (TPSA) is 20.3 Å². The Kier molecular flexibility index (Phi) is 3.59. The lowest BCUT2D eigenvalue weighted by Crippen LogP contribution is -2.41. The van der Waals surface area contributed by atoms with Crippen molar-refractivity contribution < 1.29 is 4.79 Å². The van der Waals surface area contributed by atoms with Crippen molar-refractivity contribution in [3.8, 4) is 0 Å². The minimum atomic E-state index is 0.167. The van der Waals surface area contributed by atoms with Crippen LogP contribution in [-0.4, -0.2) is 40.7 Å². The largest absolute Gasteiger partial charge is 0.340 e. The van der Waals surface area contributed by atoms with E-state index in [1.54, 1.807) is 0 Å². The summed E-state index contributed by atoms with van der Waals surface area (Å²) in [5.41, 5.74) is 0. The summed E-state index contributed by atoms with van der Waals surface area (Å²) in [6, 6.07) is 0. The number of carbonyl (C=O) groups is 1. The Balaban J connectivity index is 2.39. The summed E-state index contributed by atoms with van der Waals surface area (Å²) in [6.45, 7) is 3.95. The Hall–Kier alpha value is 0.170. The van der Waals surface area contributed by atoms with Gasteiger partial charge < -0.3 is 4.90 Å². The van der Waals surface area contributed by atoms with Crippen LogP contribution >= 0.6 is 24.4 Å². The number of thiol groups is 1. The van der Waals surface area contributed by atoms with E-state index in [9.17, 15) is 4.79 Å². The summed E-state index contributed by atoms with van der Waals surface area (Å²) in [6.07, 6.45) is 0. The van der Waals surface area contributed by atoms with Crippen LogP contribution in [0, 0.1) is 0 Å². The quantitative estimate of drug-likeness (QED) is 0.621. The molecule has 1 aliphatic rings. The number of thioether (sulfide) groups is 1. The van der Waals surface area contributed by atoms with Crippen LogP contribution in [0.15, 0.2) is 0 Å². The van der Waals surface area contributed by atoms with Crippen molar-refractivity contribution in [1.82, 2.24) is 4.90 Å². The van der Waals surface area contributed by atoms with Gasteiger partial charge in [0.1, 0.15) is 0 Å². The molecule has 1 atom stereocenters. The zero-order valence-corrected chi connectivity index (χ0v) is 8.33. The van der Waals surface area contributed by atoms with Crippen LogP contribution in [0.4, 0.5) is 0 Å². The molecule has 1 saturated heterocycles. The van der Waals surface area contributed by atoms with Gasteiger partial charge in [0.05, 0.1) is 5.75 Å². The van der Waals surface area contributed by atoms with E-state index in [0.29, 0.717) is 11.0 Å². The van der Waals surface area contributed by atoms with Crippen molar-refractivity contribution in [2.45, 2.75) is 12.2 Å². The normalized spacial score (nSPS) is 25.3. The molecule has 1 rings (SSSR count). The van der Waals surface area contributed by atoms with Crippen LogP contribution in [0.3, 0.4) is 0 Å². The van der Waals surface area contributed by atoms with Gasteiger partial charge in [-0.2, -0.15) is 24.4 Å². The van der Waals surface area contributed by atoms with Gasteiger partial charge in [0.25, 0.3) is 0 Å². The molecular weight excluding hydrogens is 178 g/mol. The predicted molar refractivity (Wildman–Crippen MR) is 52.4 cm³/mol. The molecular formula is C7H13NOS2. The summed E-state index contributed by atoms with van der Waals surface area (Å²) in [4.78, 5) is 13.0. The molecule has 1 aliphatic heterocycles. The van der Waals surface area contributed by atoms with E-state index in [1.807, 2.05) is 16.7 Å². The molecule has 0 radical (unpaired) electrons. The van der Waals surface area contributed by atoms with Gasteiger partial charge >= 0.3 is 0 Å². The van der Waals surface area contributed by atoms with Crippen molar-refractivity contribution in [3.63, 3.8) is 0 Å². The molecule has 0 aromatic rings. The van der Waals surface area contributed by atoms with Gasteiger partial charge in [-0.15, -0.1) is 0 Å². The maximum Gasteiger partial charge on any atom is 0.232 e. The molecule has 2 nitrogen and oxygen atoms in total. The first-order valence-corrected chi connectivity index (χ1v) is 5.42. The van der Waals surface area contributed by atoms with E-state index in [-0.39, 0.29) is 5.91 Å². The molecule has 0 spiro atoms. The molecule has 1 amide bonds. The molecule has 1 heterocycles. The molecule has 64 valence electrons. The third kappa shape index (κ3) is 2.60. The first-order valence-electron chi connectivity index (χ1n) is 3.74. The maximum absolute atomic E-state index is 11.2. The average molecular weight is 191 g/mol. The van der Waals surface area contributed by atoms with Crippen molar-refractivity contribution in [3.05, 3.63) is 0 Å². The maximum atomic E-state index is 11.2. The van der Waals surface area contributed by atoms with Gasteiger partial charge in [0, 0.05) is 24.1 Å². The van der Waals surface area contributed by atoms with Crippen molar-refractivity contribution in [1.29, 1.82) is 0 Å². The molecule has 1 unspecified atom stereocenters. The fourth-order valence-corrected chi connectivity index (χ4v) is 2.36. The van der Waals surface area contributed by atoms with Gasteiger partial charge in [0.2, 0.25) is 5.91 Å². The van der Waals surface area contributed by atoms with E-state index < -0.39 is 0 Å². The fraction of sp³-hybridized carbons (Fsp3) is 0.857. The summed E-state index contributed by atoms with van der Waals surface area (Å²) in [7, 11) is 0.